The van der Waals surface area contributed by atoms with Crippen LogP contribution in [0, 0.1) is 6.92 Å². The summed E-state index contributed by atoms with van der Waals surface area (Å²) in [6.07, 6.45) is 0.279. The summed E-state index contributed by atoms with van der Waals surface area (Å²) in [5, 5.41) is 5.55. The Balaban J connectivity index is 1.79. The summed E-state index contributed by atoms with van der Waals surface area (Å²) in [5.74, 6) is -0.350. The second kappa shape index (κ2) is 8.13. The number of aryl methyl sites for hydroxylation is 1. The number of carbonyl (C=O) groups is 2. The van der Waals surface area contributed by atoms with Gasteiger partial charge in [0.2, 0.25) is 11.8 Å². The number of hydrogen-bond acceptors (Lipinski definition) is 2. The van der Waals surface area contributed by atoms with Crippen LogP contribution >= 0.6 is 0 Å². The van der Waals surface area contributed by atoms with Gasteiger partial charge in [-0.1, -0.05) is 54.6 Å². The molecule has 0 aliphatic carbocycles. The highest BCUT2D eigenvalue weighted by Crippen LogP contribution is 2.16. The van der Waals surface area contributed by atoms with Crippen LogP contribution in [0.2, 0.25) is 0 Å². The van der Waals surface area contributed by atoms with Crippen molar-refractivity contribution in [1.29, 1.82) is 0 Å². The first-order chi connectivity index (χ1) is 11.1. The van der Waals surface area contributed by atoms with Gasteiger partial charge in [-0.15, -0.1) is 0 Å². The molecule has 0 saturated carbocycles. The molecule has 2 aromatic carbocycles. The zero-order valence-corrected chi connectivity index (χ0v) is 13.5. The van der Waals surface area contributed by atoms with Crippen LogP contribution in [-0.4, -0.2) is 18.4 Å². The lowest BCUT2D eigenvalue weighted by atomic mass is 10.0. The van der Waals surface area contributed by atoms with E-state index >= 15 is 0 Å². The molecule has 0 aromatic heterocycles. The average molecular weight is 310 g/mol. The zero-order chi connectivity index (χ0) is 16.7. The van der Waals surface area contributed by atoms with E-state index in [0.717, 1.165) is 16.7 Å². The lowest BCUT2D eigenvalue weighted by Gasteiger charge is -2.16. The molecule has 120 valence electrons. The molecular formula is C19H22N2O2. The van der Waals surface area contributed by atoms with Gasteiger partial charge in [-0.25, -0.2) is 0 Å². The monoisotopic (exact) mass is 310 g/mol. The van der Waals surface area contributed by atoms with Gasteiger partial charge in [-0.2, -0.15) is 0 Å². The fourth-order valence-corrected chi connectivity index (χ4v) is 2.47. The first kappa shape index (κ1) is 16.7. The highest BCUT2D eigenvalue weighted by molar-refractivity contribution is 5.85. The Morgan fingerprint density at radius 1 is 0.957 bits per heavy atom. The van der Waals surface area contributed by atoms with Crippen LogP contribution < -0.4 is 10.6 Å². The SMILES string of the molecule is Cc1ccccc1[C@@H](C)NC(=O)CNC(=O)Cc1ccccc1. The van der Waals surface area contributed by atoms with Gasteiger partial charge in [-0.05, 0) is 30.5 Å². The first-order valence-corrected chi connectivity index (χ1v) is 7.72. The van der Waals surface area contributed by atoms with Crippen molar-refractivity contribution in [2.24, 2.45) is 0 Å². The minimum Gasteiger partial charge on any atom is -0.348 e. The predicted molar refractivity (Wildman–Crippen MR) is 90.9 cm³/mol. The van der Waals surface area contributed by atoms with Crippen LogP contribution in [0.1, 0.15) is 29.7 Å². The summed E-state index contributed by atoms with van der Waals surface area (Å²) in [6.45, 7) is 3.94. The van der Waals surface area contributed by atoms with Crippen LogP contribution in [0.25, 0.3) is 0 Å². The van der Waals surface area contributed by atoms with Crippen molar-refractivity contribution in [2.75, 3.05) is 6.54 Å². The van der Waals surface area contributed by atoms with E-state index < -0.39 is 0 Å². The molecule has 0 bridgehead atoms. The van der Waals surface area contributed by atoms with Crippen molar-refractivity contribution in [3.8, 4) is 0 Å². The minimum atomic E-state index is -0.192. The Morgan fingerprint density at radius 3 is 2.30 bits per heavy atom. The third-order valence-electron chi connectivity index (χ3n) is 3.69. The van der Waals surface area contributed by atoms with Gasteiger partial charge >= 0.3 is 0 Å². The standard InChI is InChI=1S/C19H22N2O2/c1-14-8-6-7-11-17(14)15(2)21-19(23)13-20-18(22)12-16-9-4-3-5-10-16/h3-11,15H,12-13H2,1-2H3,(H,20,22)(H,21,23)/t15-/m1/s1. The van der Waals surface area contributed by atoms with Gasteiger partial charge in [0.25, 0.3) is 0 Å². The van der Waals surface area contributed by atoms with Crippen molar-refractivity contribution >= 4 is 11.8 Å². The number of amides is 2. The van der Waals surface area contributed by atoms with Crippen LogP contribution in [0.4, 0.5) is 0 Å². The molecule has 2 rings (SSSR count). The molecule has 0 aliphatic rings. The molecule has 4 heteroatoms. The van der Waals surface area contributed by atoms with Crippen molar-refractivity contribution in [3.63, 3.8) is 0 Å². The number of hydrogen-bond donors (Lipinski definition) is 2. The Hall–Kier alpha value is -2.62. The molecule has 0 unspecified atom stereocenters. The van der Waals surface area contributed by atoms with E-state index in [9.17, 15) is 9.59 Å². The molecule has 0 spiro atoms. The molecule has 0 heterocycles. The molecule has 4 nitrogen and oxygen atoms in total. The molecule has 2 aromatic rings. The topological polar surface area (TPSA) is 58.2 Å². The molecule has 0 radical (unpaired) electrons. The maximum Gasteiger partial charge on any atom is 0.239 e. The van der Waals surface area contributed by atoms with E-state index in [1.807, 2.05) is 68.4 Å². The summed E-state index contributed by atoms with van der Waals surface area (Å²) in [6, 6.07) is 17.3. The zero-order valence-electron chi connectivity index (χ0n) is 13.5. The van der Waals surface area contributed by atoms with Gasteiger partial charge in [0.15, 0.2) is 0 Å². The summed E-state index contributed by atoms with van der Waals surface area (Å²) >= 11 is 0. The fraction of sp³-hybridized carbons (Fsp3) is 0.263. The number of carbonyl (C=O) groups excluding carboxylic acids is 2. The molecule has 0 fully saturated rings. The average Bonchev–Trinajstić information content (AvgIpc) is 2.54. The first-order valence-electron chi connectivity index (χ1n) is 7.72. The van der Waals surface area contributed by atoms with Gasteiger partial charge in [0.05, 0.1) is 19.0 Å². The van der Waals surface area contributed by atoms with E-state index in [2.05, 4.69) is 10.6 Å². The quantitative estimate of drug-likeness (QED) is 0.861. The van der Waals surface area contributed by atoms with Crippen molar-refractivity contribution < 1.29 is 9.59 Å². The molecule has 1 atom stereocenters. The molecule has 2 amide bonds. The minimum absolute atomic E-state index is 0.0120. The summed E-state index contributed by atoms with van der Waals surface area (Å²) < 4.78 is 0. The van der Waals surface area contributed by atoms with Gasteiger partial charge < -0.3 is 10.6 Å². The Kier molecular flexibility index (Phi) is 5.92. The highest BCUT2D eigenvalue weighted by atomic mass is 16.2. The van der Waals surface area contributed by atoms with E-state index in [1.54, 1.807) is 0 Å². The Morgan fingerprint density at radius 2 is 1.61 bits per heavy atom. The van der Waals surface area contributed by atoms with Crippen LogP contribution in [0.5, 0.6) is 0 Å². The number of nitrogens with one attached hydrogen (secondary N) is 2. The van der Waals surface area contributed by atoms with E-state index in [-0.39, 0.29) is 30.8 Å². The second-order valence-electron chi connectivity index (χ2n) is 5.58. The second-order valence-corrected chi connectivity index (χ2v) is 5.58. The summed E-state index contributed by atoms with van der Waals surface area (Å²) in [5.41, 5.74) is 3.14. The Labute approximate surface area is 136 Å². The van der Waals surface area contributed by atoms with E-state index in [4.69, 9.17) is 0 Å². The van der Waals surface area contributed by atoms with Crippen molar-refractivity contribution in [3.05, 3.63) is 71.3 Å². The van der Waals surface area contributed by atoms with Gasteiger partial charge in [0, 0.05) is 0 Å². The summed E-state index contributed by atoms with van der Waals surface area (Å²) in [4.78, 5) is 23.8. The summed E-state index contributed by atoms with van der Waals surface area (Å²) in [7, 11) is 0. The fourth-order valence-electron chi connectivity index (χ4n) is 2.47. The third-order valence-corrected chi connectivity index (χ3v) is 3.69. The van der Waals surface area contributed by atoms with Crippen LogP contribution in [0.3, 0.4) is 0 Å². The molecule has 23 heavy (non-hydrogen) atoms. The number of rotatable bonds is 6. The normalized spacial score (nSPS) is 11.6. The van der Waals surface area contributed by atoms with Crippen LogP contribution in [-0.2, 0) is 16.0 Å². The molecule has 0 aliphatic heterocycles. The molecule has 2 N–H and O–H groups in total. The van der Waals surface area contributed by atoms with Gasteiger partial charge in [-0.3, -0.25) is 9.59 Å². The smallest absolute Gasteiger partial charge is 0.239 e. The lowest BCUT2D eigenvalue weighted by molar-refractivity contribution is -0.126. The lowest BCUT2D eigenvalue weighted by Crippen LogP contribution is -2.38. The van der Waals surface area contributed by atoms with Crippen LogP contribution in [0.15, 0.2) is 54.6 Å². The van der Waals surface area contributed by atoms with Crippen molar-refractivity contribution in [2.45, 2.75) is 26.3 Å². The highest BCUT2D eigenvalue weighted by Gasteiger charge is 2.12. The molecule has 0 saturated heterocycles. The van der Waals surface area contributed by atoms with E-state index in [1.165, 1.54) is 0 Å². The largest absolute Gasteiger partial charge is 0.348 e. The predicted octanol–water partition coefficient (Wildman–Crippen LogP) is 2.53. The maximum absolute atomic E-state index is 12.0. The van der Waals surface area contributed by atoms with E-state index in [0.29, 0.717) is 0 Å². The molecular weight excluding hydrogens is 288 g/mol. The number of benzene rings is 2. The maximum atomic E-state index is 12.0. The van der Waals surface area contributed by atoms with Crippen molar-refractivity contribution in [1.82, 2.24) is 10.6 Å². The third kappa shape index (κ3) is 5.25. The van der Waals surface area contributed by atoms with Gasteiger partial charge in [0.1, 0.15) is 0 Å². The Bertz CT molecular complexity index is 668.